The zero-order valence-electron chi connectivity index (χ0n) is 12.2. The molecule has 0 radical (unpaired) electrons. The fourth-order valence-electron chi connectivity index (χ4n) is 3.86. The average molecular weight is 289 g/mol. The summed E-state index contributed by atoms with van der Waals surface area (Å²) in [5.41, 5.74) is 1.72. The third-order valence-corrected chi connectivity index (χ3v) is 4.84. The first-order valence-electron chi connectivity index (χ1n) is 7.32. The molecule has 0 saturated heterocycles. The van der Waals surface area contributed by atoms with E-state index >= 15 is 0 Å². The summed E-state index contributed by atoms with van der Waals surface area (Å²) in [6, 6.07) is 1.43. The molecule has 2 N–H and O–H groups in total. The van der Waals surface area contributed by atoms with Crippen LogP contribution in [0.25, 0.3) is 0 Å². The second-order valence-corrected chi connectivity index (χ2v) is 6.18. The highest BCUT2D eigenvalue weighted by atomic mass is 16.4. The minimum absolute atomic E-state index is 0.205. The van der Waals surface area contributed by atoms with Crippen molar-refractivity contribution < 1.29 is 14.7 Å². The lowest BCUT2D eigenvalue weighted by Crippen LogP contribution is -2.47. The molecule has 21 heavy (non-hydrogen) atoms. The number of nitrogens with one attached hydrogen (secondary N) is 1. The molecule has 1 heterocycles. The first kappa shape index (κ1) is 14.0. The van der Waals surface area contributed by atoms with E-state index in [2.05, 4.69) is 15.5 Å². The van der Waals surface area contributed by atoms with Crippen molar-refractivity contribution in [2.45, 2.75) is 39.2 Å². The summed E-state index contributed by atoms with van der Waals surface area (Å²) in [5.74, 6) is -1.00. The van der Waals surface area contributed by atoms with Crippen molar-refractivity contribution in [2.75, 3.05) is 0 Å². The quantitative estimate of drug-likeness (QED) is 0.875. The van der Waals surface area contributed by atoms with Gasteiger partial charge in [-0.3, -0.25) is 9.59 Å². The Balaban J connectivity index is 1.81. The van der Waals surface area contributed by atoms with Crippen LogP contribution in [-0.2, 0) is 4.79 Å². The Morgan fingerprint density at radius 1 is 1.24 bits per heavy atom. The number of carbonyl (C=O) groups is 2. The van der Waals surface area contributed by atoms with Crippen molar-refractivity contribution in [2.24, 2.45) is 17.8 Å². The van der Waals surface area contributed by atoms with Crippen LogP contribution >= 0.6 is 0 Å². The largest absolute Gasteiger partial charge is 0.481 e. The minimum Gasteiger partial charge on any atom is -0.481 e. The first-order chi connectivity index (χ1) is 9.97. The van der Waals surface area contributed by atoms with Crippen molar-refractivity contribution in [3.63, 3.8) is 0 Å². The molecule has 2 saturated carbocycles. The number of rotatable bonds is 3. The summed E-state index contributed by atoms with van der Waals surface area (Å²) >= 11 is 0. The van der Waals surface area contributed by atoms with Gasteiger partial charge in [0.05, 0.1) is 22.9 Å². The summed E-state index contributed by atoms with van der Waals surface area (Å²) in [5, 5.41) is 20.2. The first-order valence-corrected chi connectivity index (χ1v) is 7.32. The van der Waals surface area contributed by atoms with Gasteiger partial charge in [-0.1, -0.05) is 0 Å². The number of aliphatic carboxylic acids is 1. The molecule has 2 aliphatic rings. The molecule has 6 heteroatoms. The number of carbonyl (C=O) groups excluding carboxylic acids is 1. The van der Waals surface area contributed by atoms with Crippen LogP contribution in [0.4, 0.5) is 0 Å². The van der Waals surface area contributed by atoms with E-state index in [-0.39, 0.29) is 23.8 Å². The number of hydrogen-bond donors (Lipinski definition) is 2. The maximum absolute atomic E-state index is 12.4. The molecule has 0 spiro atoms. The average Bonchev–Trinajstić information content (AvgIpc) is 3.02. The van der Waals surface area contributed by atoms with Crippen molar-refractivity contribution in [1.82, 2.24) is 15.5 Å². The molecule has 4 atom stereocenters. The Morgan fingerprint density at radius 3 is 2.67 bits per heavy atom. The van der Waals surface area contributed by atoms with Crippen LogP contribution in [0, 0.1) is 31.6 Å². The van der Waals surface area contributed by atoms with Gasteiger partial charge < -0.3 is 10.4 Å². The van der Waals surface area contributed by atoms with Gasteiger partial charge in [0.1, 0.15) is 0 Å². The molecule has 112 valence electrons. The summed E-state index contributed by atoms with van der Waals surface area (Å²) in [7, 11) is 0. The highest BCUT2D eigenvalue weighted by Crippen LogP contribution is 2.48. The molecule has 2 bridgehead atoms. The van der Waals surface area contributed by atoms with Crippen LogP contribution in [0.2, 0.25) is 0 Å². The van der Waals surface area contributed by atoms with Crippen LogP contribution in [0.5, 0.6) is 0 Å². The van der Waals surface area contributed by atoms with Gasteiger partial charge in [-0.15, -0.1) is 0 Å². The molecule has 0 aromatic carbocycles. The second-order valence-electron chi connectivity index (χ2n) is 6.18. The van der Waals surface area contributed by atoms with Crippen molar-refractivity contribution >= 4 is 11.9 Å². The van der Waals surface area contributed by atoms with E-state index < -0.39 is 11.9 Å². The van der Waals surface area contributed by atoms with Crippen LogP contribution in [0.15, 0.2) is 6.07 Å². The number of aryl methyl sites for hydroxylation is 2. The third-order valence-electron chi connectivity index (χ3n) is 4.84. The van der Waals surface area contributed by atoms with E-state index in [1.165, 1.54) is 0 Å². The molecule has 0 aliphatic heterocycles. The van der Waals surface area contributed by atoms with E-state index in [0.717, 1.165) is 19.3 Å². The van der Waals surface area contributed by atoms with E-state index in [4.69, 9.17) is 0 Å². The number of aromatic nitrogens is 2. The zero-order valence-corrected chi connectivity index (χ0v) is 12.2. The predicted octanol–water partition coefficient (Wildman–Crippen LogP) is 1.32. The Kier molecular flexibility index (Phi) is 3.39. The molecular formula is C15H19N3O3. The lowest BCUT2D eigenvalue weighted by molar-refractivity contribution is -0.144. The van der Waals surface area contributed by atoms with Gasteiger partial charge in [0.15, 0.2) is 0 Å². The number of amides is 1. The number of fused-ring (bicyclic) bond motifs is 2. The van der Waals surface area contributed by atoms with Gasteiger partial charge in [-0.2, -0.15) is 10.2 Å². The topological polar surface area (TPSA) is 92.2 Å². The fraction of sp³-hybridized carbons (Fsp3) is 0.600. The zero-order chi connectivity index (χ0) is 15.1. The van der Waals surface area contributed by atoms with E-state index in [1.807, 2.05) is 0 Å². The Bertz CT molecular complexity index is 602. The Morgan fingerprint density at radius 2 is 1.95 bits per heavy atom. The summed E-state index contributed by atoms with van der Waals surface area (Å²) in [4.78, 5) is 23.9. The van der Waals surface area contributed by atoms with E-state index in [9.17, 15) is 14.7 Å². The van der Waals surface area contributed by atoms with Crippen molar-refractivity contribution in [3.05, 3.63) is 23.0 Å². The highest BCUT2D eigenvalue weighted by molar-refractivity contribution is 5.95. The van der Waals surface area contributed by atoms with E-state index in [1.54, 1.807) is 19.9 Å². The number of carboxylic acids is 1. The third kappa shape index (κ3) is 2.39. The van der Waals surface area contributed by atoms with Gasteiger partial charge in [0.25, 0.3) is 5.91 Å². The van der Waals surface area contributed by atoms with Crippen molar-refractivity contribution in [3.8, 4) is 0 Å². The molecule has 6 nitrogen and oxygen atoms in total. The summed E-state index contributed by atoms with van der Waals surface area (Å²) in [6.07, 6.45) is 2.88. The molecule has 4 unspecified atom stereocenters. The molecule has 1 aromatic rings. The predicted molar refractivity (Wildman–Crippen MR) is 74.7 cm³/mol. The Labute approximate surface area is 123 Å². The van der Waals surface area contributed by atoms with Crippen LogP contribution in [-0.4, -0.2) is 33.2 Å². The number of carboxylic acid groups (broad SMARTS) is 1. The van der Waals surface area contributed by atoms with Crippen molar-refractivity contribution in [1.29, 1.82) is 0 Å². The van der Waals surface area contributed by atoms with Gasteiger partial charge in [-0.25, -0.2) is 0 Å². The lowest BCUT2D eigenvalue weighted by atomic mass is 9.84. The standard InChI is InChI=1S/C15H19N3O3/c1-7-5-11(8(2)18-17-7)14(19)16-13-10-4-3-9(6-10)12(13)15(20)21/h5,9-10,12-13H,3-4,6H2,1-2H3,(H,16,19)(H,20,21). The fourth-order valence-corrected chi connectivity index (χ4v) is 3.86. The lowest BCUT2D eigenvalue weighted by Gasteiger charge is -2.29. The molecule has 2 aliphatic carbocycles. The summed E-state index contributed by atoms with van der Waals surface area (Å²) < 4.78 is 0. The highest BCUT2D eigenvalue weighted by Gasteiger charge is 2.51. The van der Waals surface area contributed by atoms with E-state index in [0.29, 0.717) is 17.0 Å². The minimum atomic E-state index is -0.798. The number of hydrogen-bond acceptors (Lipinski definition) is 4. The molecule has 1 amide bonds. The van der Waals surface area contributed by atoms with Gasteiger partial charge in [-0.05, 0) is 51.0 Å². The van der Waals surface area contributed by atoms with Gasteiger partial charge in [0.2, 0.25) is 0 Å². The summed E-state index contributed by atoms with van der Waals surface area (Å²) in [6.45, 7) is 3.51. The molecule has 2 fully saturated rings. The normalized spacial score (nSPS) is 30.4. The molecule has 3 rings (SSSR count). The SMILES string of the molecule is Cc1cc(C(=O)NC2C3CCC(C3)C2C(=O)O)c(C)nn1. The van der Waals surface area contributed by atoms with Crippen LogP contribution in [0.3, 0.4) is 0 Å². The molecule has 1 aromatic heterocycles. The second kappa shape index (κ2) is 5.09. The smallest absolute Gasteiger partial charge is 0.308 e. The van der Waals surface area contributed by atoms with Gasteiger partial charge in [0, 0.05) is 6.04 Å². The van der Waals surface area contributed by atoms with Crippen LogP contribution < -0.4 is 5.32 Å². The monoisotopic (exact) mass is 289 g/mol. The number of nitrogens with zero attached hydrogens (tertiary/aromatic N) is 2. The maximum Gasteiger partial charge on any atom is 0.308 e. The Hall–Kier alpha value is -1.98. The maximum atomic E-state index is 12.4. The van der Waals surface area contributed by atoms with Gasteiger partial charge >= 0.3 is 5.97 Å². The van der Waals surface area contributed by atoms with Crippen LogP contribution in [0.1, 0.15) is 41.0 Å². The molecular weight excluding hydrogens is 270 g/mol.